The van der Waals surface area contributed by atoms with E-state index in [1.165, 1.54) is 10.9 Å². The fourth-order valence-electron chi connectivity index (χ4n) is 1.56. The molecule has 0 saturated heterocycles. The maximum Gasteiger partial charge on any atom is 0.433 e. The number of nitrogens with zero attached hydrogens (tertiary/aromatic N) is 3. The lowest BCUT2D eigenvalue weighted by atomic mass is 10.2. The first-order valence-electron chi connectivity index (χ1n) is 5.14. The first kappa shape index (κ1) is 12.4. The second-order valence-electron chi connectivity index (χ2n) is 3.91. The highest BCUT2D eigenvalue weighted by Gasteiger charge is 2.33. The molecule has 4 nitrogen and oxygen atoms in total. The number of aromatic nitrogens is 3. The van der Waals surface area contributed by atoms with Gasteiger partial charge < -0.3 is 10.3 Å². The predicted octanol–water partition coefficient (Wildman–Crippen LogP) is 2.49. The molecular formula is C11H11F3N4. The Morgan fingerprint density at radius 2 is 1.89 bits per heavy atom. The van der Waals surface area contributed by atoms with Crippen LogP contribution in [0.25, 0.3) is 5.69 Å². The summed E-state index contributed by atoms with van der Waals surface area (Å²) in [5, 5.41) is 0. The zero-order valence-electron chi connectivity index (χ0n) is 9.78. The van der Waals surface area contributed by atoms with Gasteiger partial charge in [-0.1, -0.05) is 0 Å². The van der Waals surface area contributed by atoms with E-state index in [9.17, 15) is 13.2 Å². The zero-order chi connectivity index (χ0) is 13.5. The van der Waals surface area contributed by atoms with Gasteiger partial charge in [0.15, 0.2) is 0 Å². The third-order valence-corrected chi connectivity index (χ3v) is 2.71. The molecular weight excluding hydrogens is 245 g/mol. The van der Waals surface area contributed by atoms with Gasteiger partial charge in [-0.2, -0.15) is 13.2 Å². The van der Waals surface area contributed by atoms with E-state index in [0.717, 1.165) is 23.7 Å². The van der Waals surface area contributed by atoms with Crippen molar-refractivity contribution in [2.45, 2.75) is 20.0 Å². The van der Waals surface area contributed by atoms with Gasteiger partial charge in [-0.05, 0) is 19.9 Å². The number of imidazole rings is 1. The Morgan fingerprint density at radius 3 is 2.39 bits per heavy atom. The monoisotopic (exact) mass is 256 g/mol. The average molecular weight is 256 g/mol. The SMILES string of the molecule is Cc1ncn(-c2cc(C(F)(F)F)ncc2N)c1C. The van der Waals surface area contributed by atoms with Crippen LogP contribution in [-0.4, -0.2) is 14.5 Å². The van der Waals surface area contributed by atoms with E-state index in [1.54, 1.807) is 13.8 Å². The van der Waals surface area contributed by atoms with Crippen LogP contribution in [0.2, 0.25) is 0 Å². The van der Waals surface area contributed by atoms with Crippen LogP contribution in [0.4, 0.5) is 18.9 Å². The summed E-state index contributed by atoms with van der Waals surface area (Å²) in [6.45, 7) is 3.53. The highest BCUT2D eigenvalue weighted by Crippen LogP contribution is 2.30. The number of nitrogens with two attached hydrogens (primary N) is 1. The van der Waals surface area contributed by atoms with E-state index in [-0.39, 0.29) is 11.4 Å². The van der Waals surface area contributed by atoms with Gasteiger partial charge in [0.05, 0.1) is 29.6 Å². The van der Waals surface area contributed by atoms with Crippen molar-refractivity contribution in [1.82, 2.24) is 14.5 Å². The molecule has 0 spiro atoms. The van der Waals surface area contributed by atoms with E-state index in [2.05, 4.69) is 9.97 Å². The number of hydrogen-bond donors (Lipinski definition) is 1. The molecule has 2 aromatic heterocycles. The second kappa shape index (κ2) is 4.01. The van der Waals surface area contributed by atoms with Crippen LogP contribution in [0.1, 0.15) is 17.1 Å². The molecule has 18 heavy (non-hydrogen) atoms. The summed E-state index contributed by atoms with van der Waals surface area (Å²) < 4.78 is 39.3. The number of alkyl halides is 3. The first-order valence-corrected chi connectivity index (χ1v) is 5.14. The molecule has 0 aliphatic heterocycles. The van der Waals surface area contributed by atoms with Gasteiger partial charge in [-0.15, -0.1) is 0 Å². The van der Waals surface area contributed by atoms with Crippen molar-refractivity contribution < 1.29 is 13.2 Å². The number of pyridine rings is 1. The summed E-state index contributed by atoms with van der Waals surface area (Å²) in [6.07, 6.45) is -2.05. The number of anilines is 1. The fourth-order valence-corrected chi connectivity index (χ4v) is 1.56. The summed E-state index contributed by atoms with van der Waals surface area (Å²) in [7, 11) is 0. The minimum atomic E-state index is -4.49. The molecule has 0 aliphatic carbocycles. The molecule has 0 bridgehead atoms. The number of hydrogen-bond acceptors (Lipinski definition) is 3. The zero-order valence-corrected chi connectivity index (χ0v) is 9.78. The second-order valence-corrected chi connectivity index (χ2v) is 3.91. The molecule has 2 rings (SSSR count). The maximum absolute atomic E-state index is 12.6. The van der Waals surface area contributed by atoms with Crippen molar-refractivity contribution in [3.05, 3.63) is 35.7 Å². The molecule has 7 heteroatoms. The summed E-state index contributed by atoms with van der Waals surface area (Å²) >= 11 is 0. The van der Waals surface area contributed by atoms with E-state index >= 15 is 0 Å². The average Bonchev–Trinajstić information content (AvgIpc) is 2.59. The van der Waals surface area contributed by atoms with Crippen LogP contribution in [0, 0.1) is 13.8 Å². The summed E-state index contributed by atoms with van der Waals surface area (Å²) in [4.78, 5) is 7.32. The largest absolute Gasteiger partial charge is 0.433 e. The Balaban J connectivity index is 2.61. The molecule has 0 aliphatic rings. The third-order valence-electron chi connectivity index (χ3n) is 2.71. The van der Waals surface area contributed by atoms with E-state index < -0.39 is 11.9 Å². The van der Waals surface area contributed by atoms with Crippen molar-refractivity contribution >= 4 is 5.69 Å². The van der Waals surface area contributed by atoms with Crippen molar-refractivity contribution in [1.29, 1.82) is 0 Å². The highest BCUT2D eigenvalue weighted by molar-refractivity contribution is 5.57. The molecule has 0 unspecified atom stereocenters. The quantitative estimate of drug-likeness (QED) is 0.852. The molecule has 0 saturated carbocycles. The lowest BCUT2D eigenvalue weighted by Gasteiger charge is -2.12. The number of aryl methyl sites for hydroxylation is 1. The molecule has 0 aromatic carbocycles. The lowest BCUT2D eigenvalue weighted by Crippen LogP contribution is -2.11. The number of halogens is 3. The Labute approximate surface area is 101 Å². The molecule has 96 valence electrons. The number of nitrogen functional groups attached to an aromatic ring is 1. The topological polar surface area (TPSA) is 56.7 Å². The third kappa shape index (κ3) is 2.03. The minimum Gasteiger partial charge on any atom is -0.396 e. The smallest absolute Gasteiger partial charge is 0.396 e. The van der Waals surface area contributed by atoms with Crippen molar-refractivity contribution in [3.8, 4) is 5.69 Å². The maximum atomic E-state index is 12.6. The first-order chi connectivity index (χ1) is 8.30. The fraction of sp³-hybridized carbons (Fsp3) is 0.273. The van der Waals surface area contributed by atoms with Gasteiger partial charge in [0.25, 0.3) is 0 Å². The molecule has 2 aromatic rings. The van der Waals surface area contributed by atoms with E-state index in [4.69, 9.17) is 5.73 Å². The molecule has 0 atom stereocenters. The van der Waals surface area contributed by atoms with Gasteiger partial charge in [-0.25, -0.2) is 9.97 Å². The van der Waals surface area contributed by atoms with Crippen LogP contribution in [0.5, 0.6) is 0 Å². The Kier molecular flexibility index (Phi) is 2.76. The van der Waals surface area contributed by atoms with Crippen LogP contribution >= 0.6 is 0 Å². The normalized spacial score (nSPS) is 11.8. The van der Waals surface area contributed by atoms with Gasteiger partial charge >= 0.3 is 6.18 Å². The van der Waals surface area contributed by atoms with Crippen molar-refractivity contribution in [2.75, 3.05) is 5.73 Å². The van der Waals surface area contributed by atoms with Gasteiger partial charge in [0, 0.05) is 5.69 Å². The standard InChI is InChI=1S/C11H11F3N4/c1-6-7(2)18(5-17-6)9-3-10(11(12,13)14)16-4-8(9)15/h3-5H,15H2,1-2H3. The van der Waals surface area contributed by atoms with Crippen molar-refractivity contribution in [3.63, 3.8) is 0 Å². The van der Waals surface area contributed by atoms with Crippen LogP contribution in [-0.2, 0) is 6.18 Å². The van der Waals surface area contributed by atoms with Gasteiger partial charge in [0.2, 0.25) is 0 Å². The van der Waals surface area contributed by atoms with Crippen molar-refractivity contribution in [2.24, 2.45) is 0 Å². The van der Waals surface area contributed by atoms with E-state index in [1.807, 2.05) is 0 Å². The Morgan fingerprint density at radius 1 is 1.22 bits per heavy atom. The molecule has 2 heterocycles. The Bertz CT molecular complexity index is 586. The summed E-state index contributed by atoms with van der Waals surface area (Å²) in [6, 6.07) is 0.920. The minimum absolute atomic E-state index is 0.170. The van der Waals surface area contributed by atoms with Gasteiger partial charge in [0.1, 0.15) is 5.69 Å². The van der Waals surface area contributed by atoms with Gasteiger partial charge in [-0.3, -0.25) is 0 Å². The number of rotatable bonds is 1. The van der Waals surface area contributed by atoms with E-state index in [0.29, 0.717) is 0 Å². The van der Waals surface area contributed by atoms with Crippen LogP contribution in [0.3, 0.4) is 0 Å². The van der Waals surface area contributed by atoms with Crippen LogP contribution < -0.4 is 5.73 Å². The predicted molar refractivity (Wildman–Crippen MR) is 60.2 cm³/mol. The molecule has 0 fully saturated rings. The molecule has 0 radical (unpaired) electrons. The summed E-state index contributed by atoms with van der Waals surface area (Å²) in [5.74, 6) is 0. The lowest BCUT2D eigenvalue weighted by molar-refractivity contribution is -0.141. The molecule has 2 N–H and O–H groups in total. The highest BCUT2D eigenvalue weighted by atomic mass is 19.4. The molecule has 0 amide bonds. The summed E-state index contributed by atoms with van der Waals surface area (Å²) in [5.41, 5.74) is 6.56. The Hall–Kier alpha value is -2.05. The van der Waals surface area contributed by atoms with Crippen LogP contribution in [0.15, 0.2) is 18.6 Å².